The number of rotatable bonds is 7. The van der Waals surface area contributed by atoms with Crippen molar-refractivity contribution in [3.8, 4) is 33.8 Å². The molecule has 3 heteroatoms. The minimum atomic E-state index is -0.207. The summed E-state index contributed by atoms with van der Waals surface area (Å²) in [4.78, 5) is 2.47. The lowest BCUT2D eigenvalue weighted by molar-refractivity contribution is 0.660. The molecule has 0 amide bonds. The lowest BCUT2D eigenvalue weighted by atomic mass is 9.81. The number of aromatic nitrogens is 2. The Kier molecular flexibility index (Phi) is 8.06. The van der Waals surface area contributed by atoms with Gasteiger partial charge in [-0.2, -0.15) is 0 Å². The molecule has 0 saturated carbocycles. The Balaban J connectivity index is 1.15. The van der Waals surface area contributed by atoms with Gasteiger partial charge in [-0.1, -0.05) is 138 Å². The molecule has 0 spiro atoms. The van der Waals surface area contributed by atoms with Crippen LogP contribution in [0, 0.1) is 0 Å². The molecule has 292 valence electrons. The average Bonchev–Trinajstić information content (AvgIpc) is 3.94. The molecule has 7 aromatic carbocycles. The number of hydrogen-bond acceptors (Lipinski definition) is 1. The number of hydrogen-bond donors (Lipinski definition) is 0. The van der Waals surface area contributed by atoms with E-state index in [0.717, 1.165) is 17.8 Å². The summed E-state index contributed by atoms with van der Waals surface area (Å²) < 4.78 is 4.94. The standard InChI is InChI=1S/C57H49N3/c1-7-9-19-37(8-2)58(41-28-31-43-42-22-13-16-25-48(42)56(3,4)50(43)36-41)39-29-33-53-47(35-39)54-55(45-24-14-17-26-49(45)57(54,5)6)60(53)40-30-32-52-46(34-40)44-23-15-18-27-51(44)59(52)38-20-11-10-12-21-38/h8-36H,7H2,1-6H3/b19-9-,37-8+. The average molecular weight is 776 g/mol. The fourth-order valence-corrected chi connectivity index (χ4v) is 10.7. The Labute approximate surface area is 353 Å². The van der Waals surface area contributed by atoms with Gasteiger partial charge in [-0.25, -0.2) is 0 Å². The van der Waals surface area contributed by atoms with E-state index in [9.17, 15) is 0 Å². The summed E-state index contributed by atoms with van der Waals surface area (Å²) in [6.45, 7) is 13.9. The first-order chi connectivity index (χ1) is 29.2. The molecule has 0 unspecified atom stereocenters. The lowest BCUT2D eigenvalue weighted by Gasteiger charge is -2.29. The van der Waals surface area contributed by atoms with E-state index in [2.05, 4.69) is 232 Å². The van der Waals surface area contributed by atoms with Crippen LogP contribution in [-0.4, -0.2) is 9.13 Å². The summed E-state index contributed by atoms with van der Waals surface area (Å²) in [5.74, 6) is 0. The van der Waals surface area contributed by atoms with Gasteiger partial charge in [0.15, 0.2) is 0 Å². The molecule has 2 aliphatic carbocycles. The van der Waals surface area contributed by atoms with Crippen LogP contribution in [0.1, 0.15) is 70.2 Å². The van der Waals surface area contributed by atoms with Gasteiger partial charge in [-0.3, -0.25) is 0 Å². The number of para-hydroxylation sites is 2. The first kappa shape index (κ1) is 36.3. The fraction of sp³-hybridized carbons (Fsp3) is 0.158. The third-order valence-corrected chi connectivity index (χ3v) is 13.5. The van der Waals surface area contributed by atoms with Gasteiger partial charge in [0.2, 0.25) is 0 Å². The van der Waals surface area contributed by atoms with E-state index in [0.29, 0.717) is 0 Å². The largest absolute Gasteiger partial charge is 0.311 e. The van der Waals surface area contributed by atoms with Crippen LogP contribution in [0.25, 0.3) is 66.5 Å². The van der Waals surface area contributed by atoms with Crippen LogP contribution in [0.4, 0.5) is 11.4 Å². The predicted octanol–water partition coefficient (Wildman–Crippen LogP) is 15.3. The highest BCUT2D eigenvalue weighted by Crippen LogP contribution is 2.55. The van der Waals surface area contributed by atoms with Gasteiger partial charge >= 0.3 is 0 Å². The normalized spacial score (nSPS) is 14.9. The van der Waals surface area contributed by atoms with E-state index in [1.165, 1.54) is 94.4 Å². The molecule has 0 radical (unpaired) electrons. The van der Waals surface area contributed by atoms with Gasteiger partial charge < -0.3 is 14.0 Å². The highest BCUT2D eigenvalue weighted by molar-refractivity contribution is 6.10. The smallest absolute Gasteiger partial charge is 0.0585 e. The molecule has 9 aromatic rings. The summed E-state index contributed by atoms with van der Waals surface area (Å²) in [7, 11) is 0. The van der Waals surface area contributed by atoms with Gasteiger partial charge in [-0.15, -0.1) is 0 Å². The maximum Gasteiger partial charge on any atom is 0.0585 e. The van der Waals surface area contributed by atoms with Gasteiger partial charge in [0.05, 0.1) is 22.2 Å². The van der Waals surface area contributed by atoms with Crippen molar-refractivity contribution >= 4 is 44.1 Å². The number of fused-ring (bicyclic) bond motifs is 11. The SMILES string of the molecule is C/C=C(\C=C/CC)N(c1ccc2c(c1)C(C)(C)c1ccccc1-2)c1ccc2c(c1)c1c(n2-c2ccc3c(c2)c2ccccc2n3-c2ccccc2)-c2ccccc2C1(C)C. The molecule has 0 bridgehead atoms. The Morgan fingerprint density at radius 3 is 1.92 bits per heavy atom. The third-order valence-electron chi connectivity index (χ3n) is 13.5. The molecule has 0 N–H and O–H groups in total. The van der Waals surface area contributed by atoms with E-state index in [4.69, 9.17) is 0 Å². The zero-order valence-corrected chi connectivity index (χ0v) is 35.3. The monoisotopic (exact) mass is 775 g/mol. The zero-order valence-electron chi connectivity index (χ0n) is 35.3. The van der Waals surface area contributed by atoms with E-state index >= 15 is 0 Å². The predicted molar refractivity (Wildman–Crippen MR) is 255 cm³/mol. The van der Waals surface area contributed by atoms with Crippen LogP contribution in [-0.2, 0) is 10.8 Å². The molecule has 0 atom stereocenters. The molecule has 0 aliphatic heterocycles. The van der Waals surface area contributed by atoms with Crippen LogP contribution in [0.15, 0.2) is 182 Å². The molecular weight excluding hydrogens is 727 g/mol. The van der Waals surface area contributed by atoms with Crippen LogP contribution in [0.5, 0.6) is 0 Å². The molecule has 0 fully saturated rings. The van der Waals surface area contributed by atoms with E-state index in [1.807, 2.05) is 0 Å². The number of anilines is 2. The summed E-state index contributed by atoms with van der Waals surface area (Å²) in [6, 6.07) is 58.9. The molecule has 60 heavy (non-hydrogen) atoms. The number of benzene rings is 7. The third kappa shape index (κ3) is 5.08. The second-order valence-corrected chi connectivity index (χ2v) is 17.6. The second kappa shape index (κ2) is 13.3. The van der Waals surface area contributed by atoms with E-state index < -0.39 is 0 Å². The van der Waals surface area contributed by atoms with Crippen LogP contribution >= 0.6 is 0 Å². The van der Waals surface area contributed by atoms with Crippen molar-refractivity contribution in [3.05, 3.63) is 204 Å². The summed E-state index contributed by atoms with van der Waals surface area (Å²) in [6.07, 6.45) is 7.77. The topological polar surface area (TPSA) is 13.1 Å². The quantitative estimate of drug-likeness (QED) is 0.147. The Bertz CT molecular complexity index is 3260. The molecule has 2 aliphatic rings. The number of allylic oxidation sites excluding steroid dienone is 3. The molecule has 2 aromatic heterocycles. The van der Waals surface area contributed by atoms with Gasteiger partial charge in [0.1, 0.15) is 0 Å². The summed E-state index contributed by atoms with van der Waals surface area (Å²) in [5.41, 5.74) is 19.9. The fourth-order valence-electron chi connectivity index (χ4n) is 10.7. The first-order valence-electron chi connectivity index (χ1n) is 21.5. The van der Waals surface area contributed by atoms with Crippen LogP contribution < -0.4 is 4.90 Å². The van der Waals surface area contributed by atoms with E-state index in [1.54, 1.807) is 0 Å². The van der Waals surface area contributed by atoms with E-state index in [-0.39, 0.29) is 10.8 Å². The molecule has 0 saturated heterocycles. The molecule has 2 heterocycles. The van der Waals surface area contributed by atoms with Crippen LogP contribution in [0.3, 0.4) is 0 Å². The van der Waals surface area contributed by atoms with Crippen molar-refractivity contribution in [2.75, 3.05) is 4.90 Å². The van der Waals surface area contributed by atoms with Crippen LogP contribution in [0.2, 0.25) is 0 Å². The molecule has 11 rings (SSSR count). The van der Waals surface area contributed by atoms with Crippen molar-refractivity contribution in [1.82, 2.24) is 9.13 Å². The minimum Gasteiger partial charge on any atom is -0.311 e. The highest BCUT2D eigenvalue weighted by atomic mass is 15.1. The van der Waals surface area contributed by atoms with Gasteiger partial charge in [0, 0.05) is 61.0 Å². The summed E-state index contributed by atoms with van der Waals surface area (Å²) in [5, 5.41) is 3.78. The van der Waals surface area contributed by atoms with Crippen molar-refractivity contribution < 1.29 is 0 Å². The Morgan fingerprint density at radius 1 is 0.517 bits per heavy atom. The molecule has 3 nitrogen and oxygen atoms in total. The van der Waals surface area contributed by atoms with Crippen molar-refractivity contribution in [2.45, 2.75) is 58.8 Å². The molecular formula is C57H49N3. The Morgan fingerprint density at radius 2 is 1.13 bits per heavy atom. The number of nitrogens with zero attached hydrogens (tertiary/aromatic N) is 3. The highest BCUT2D eigenvalue weighted by Gasteiger charge is 2.41. The van der Waals surface area contributed by atoms with Crippen molar-refractivity contribution in [2.24, 2.45) is 0 Å². The Hall–Kier alpha value is -6.84. The lowest BCUT2D eigenvalue weighted by Crippen LogP contribution is -2.18. The summed E-state index contributed by atoms with van der Waals surface area (Å²) >= 11 is 0. The van der Waals surface area contributed by atoms with Gasteiger partial charge in [-0.05, 0) is 120 Å². The van der Waals surface area contributed by atoms with Gasteiger partial charge in [0.25, 0.3) is 0 Å². The van der Waals surface area contributed by atoms with Crippen molar-refractivity contribution in [1.29, 1.82) is 0 Å². The maximum absolute atomic E-state index is 2.54. The zero-order chi connectivity index (χ0) is 40.9. The first-order valence-corrected chi connectivity index (χ1v) is 21.5. The second-order valence-electron chi connectivity index (χ2n) is 17.6. The maximum atomic E-state index is 2.54. The van der Waals surface area contributed by atoms with Crippen molar-refractivity contribution in [3.63, 3.8) is 0 Å². The minimum absolute atomic E-state index is 0.102.